The maximum Gasteiger partial charge on any atom is 0.466 e. The summed E-state index contributed by atoms with van der Waals surface area (Å²) in [5, 5.41) is 33.4. The molecule has 1 heterocycles. The molecule has 0 fully saturated rings. The van der Waals surface area contributed by atoms with Gasteiger partial charge >= 0.3 is 31.9 Å². The van der Waals surface area contributed by atoms with Crippen molar-refractivity contribution in [3.8, 4) is 18.0 Å². The van der Waals surface area contributed by atoms with Gasteiger partial charge in [-0.2, -0.15) is 0 Å². The molecular formula is C5H12N7O8P. The Balaban J connectivity index is 0. The summed E-state index contributed by atoms with van der Waals surface area (Å²) >= 11 is 0. The van der Waals surface area contributed by atoms with Crippen LogP contribution < -0.4 is 16.8 Å². The molecule has 1 aromatic heterocycles. The molecule has 0 unspecified atom stereocenters. The highest BCUT2D eigenvalue weighted by Crippen LogP contribution is 2.25. The predicted octanol–water partition coefficient (Wildman–Crippen LogP) is -3.39. The lowest BCUT2D eigenvalue weighted by atomic mass is 10.9. The second-order valence-corrected chi connectivity index (χ2v) is 3.68. The number of phosphoric acid groups is 1. The molecule has 0 spiro atoms. The number of aromatic nitrogens is 3. The number of carbonyl (C=O) groups is 1. The van der Waals surface area contributed by atoms with Crippen LogP contribution in [0.25, 0.3) is 0 Å². The Morgan fingerprint density at radius 1 is 1.00 bits per heavy atom. The van der Waals surface area contributed by atoms with Gasteiger partial charge in [-0.05, 0) is 0 Å². The Morgan fingerprint density at radius 3 is 1.33 bits per heavy atom. The van der Waals surface area contributed by atoms with Crippen molar-refractivity contribution in [2.75, 3.05) is 0 Å². The Morgan fingerprint density at radius 2 is 1.24 bits per heavy atom. The minimum Gasteiger partial charge on any atom is -0.479 e. The van der Waals surface area contributed by atoms with E-state index in [1.807, 2.05) is 0 Å². The second kappa shape index (κ2) is 9.21. The number of carbonyl (C=O) groups excluding carboxylic acids is 1. The lowest BCUT2D eigenvalue weighted by Crippen LogP contribution is -2.39. The molecule has 1 aromatic rings. The van der Waals surface area contributed by atoms with Gasteiger partial charge in [0.2, 0.25) is 0 Å². The van der Waals surface area contributed by atoms with Gasteiger partial charge in [0.1, 0.15) is 0 Å². The standard InChI is InChI=1S/C3H3N3O3.C2H6N4O.H3O4P/c7-1-4-2(8)6-3(9)5-1;3-1(4)6-2(5)7;1-5(2,3)4/h(H3,4,5,6,7,8,9);(H6,3,4,5,6,7);(H3,1,2,3,4). The highest BCUT2D eigenvalue weighted by atomic mass is 31.2. The van der Waals surface area contributed by atoms with E-state index in [0.29, 0.717) is 0 Å². The molecule has 16 heteroatoms. The zero-order valence-electron chi connectivity index (χ0n) is 9.94. The minimum absolute atomic E-state index is 0.437. The molecule has 0 saturated heterocycles. The molecular weight excluding hydrogens is 317 g/mol. The first-order valence-electron chi connectivity index (χ1n) is 4.33. The van der Waals surface area contributed by atoms with Crippen LogP contribution in [0.15, 0.2) is 0 Å². The van der Waals surface area contributed by atoms with E-state index in [4.69, 9.17) is 40.0 Å². The number of rotatable bonds is 0. The van der Waals surface area contributed by atoms with E-state index in [1.165, 1.54) is 0 Å². The molecule has 12 N–H and O–H groups in total. The van der Waals surface area contributed by atoms with Crippen LogP contribution in [-0.4, -0.2) is 56.9 Å². The third-order valence-electron chi connectivity index (χ3n) is 0.858. The third-order valence-corrected chi connectivity index (χ3v) is 0.858. The van der Waals surface area contributed by atoms with Gasteiger partial charge in [0.15, 0.2) is 5.96 Å². The van der Waals surface area contributed by atoms with Gasteiger partial charge in [-0.3, -0.25) is 10.7 Å². The number of amides is 2. The molecule has 0 atom stereocenters. The van der Waals surface area contributed by atoms with Gasteiger partial charge in [0, 0.05) is 0 Å². The Hall–Kier alpha value is -2.74. The molecule has 0 aliphatic heterocycles. The first-order chi connectivity index (χ1) is 9.31. The molecule has 120 valence electrons. The second-order valence-electron chi connectivity index (χ2n) is 2.65. The quantitative estimate of drug-likeness (QED) is 0.127. The predicted molar refractivity (Wildman–Crippen MR) is 63.7 cm³/mol. The summed E-state index contributed by atoms with van der Waals surface area (Å²) in [5.74, 6) is -0.437. The summed E-state index contributed by atoms with van der Waals surface area (Å²) < 4.78 is 8.88. The van der Waals surface area contributed by atoms with Crippen LogP contribution in [0.3, 0.4) is 0 Å². The number of nitrogens with one attached hydrogen (secondary N) is 2. The van der Waals surface area contributed by atoms with Crippen molar-refractivity contribution in [1.29, 1.82) is 5.41 Å². The highest BCUT2D eigenvalue weighted by Gasteiger charge is 2.00. The zero-order valence-corrected chi connectivity index (χ0v) is 10.8. The summed E-state index contributed by atoms with van der Waals surface area (Å²) in [7, 11) is -4.64. The molecule has 15 nitrogen and oxygen atoms in total. The van der Waals surface area contributed by atoms with Crippen molar-refractivity contribution in [3.05, 3.63) is 0 Å². The van der Waals surface area contributed by atoms with Crippen LogP contribution in [-0.2, 0) is 4.57 Å². The fraction of sp³-hybridized carbons (Fsp3) is 0. The maximum absolute atomic E-state index is 9.70. The minimum atomic E-state index is -4.64. The number of nitrogens with two attached hydrogens (primary N) is 2. The number of hydrogen-bond acceptors (Lipinski definition) is 9. The molecule has 21 heavy (non-hydrogen) atoms. The topological polar surface area (TPSA) is 282 Å². The van der Waals surface area contributed by atoms with Crippen molar-refractivity contribution in [3.63, 3.8) is 0 Å². The van der Waals surface area contributed by atoms with Crippen LogP contribution in [0.4, 0.5) is 4.79 Å². The molecule has 0 radical (unpaired) electrons. The number of aromatic hydroxyl groups is 3. The van der Waals surface area contributed by atoms with E-state index in [9.17, 15) is 4.79 Å². The van der Waals surface area contributed by atoms with Crippen LogP contribution in [0, 0.1) is 5.41 Å². The molecule has 2 amide bonds. The molecule has 0 bridgehead atoms. The number of guanidine groups is 1. The van der Waals surface area contributed by atoms with Crippen LogP contribution in [0.2, 0.25) is 0 Å². The fourth-order valence-electron chi connectivity index (χ4n) is 0.476. The third kappa shape index (κ3) is 22.9. The molecule has 0 aromatic carbocycles. The summed E-state index contributed by atoms with van der Waals surface area (Å²) in [5.41, 5.74) is 9.19. The largest absolute Gasteiger partial charge is 0.479 e. The van der Waals surface area contributed by atoms with Gasteiger partial charge in [-0.15, -0.1) is 15.0 Å². The molecule has 0 aliphatic rings. The van der Waals surface area contributed by atoms with Crippen molar-refractivity contribution in [2.24, 2.45) is 11.5 Å². The highest BCUT2D eigenvalue weighted by molar-refractivity contribution is 7.45. The van der Waals surface area contributed by atoms with Crippen molar-refractivity contribution >= 4 is 19.8 Å². The van der Waals surface area contributed by atoms with Crippen molar-refractivity contribution in [1.82, 2.24) is 20.3 Å². The summed E-state index contributed by atoms with van der Waals surface area (Å²) in [6.45, 7) is 0. The Labute approximate surface area is 115 Å². The van der Waals surface area contributed by atoms with Gasteiger partial charge in [-0.1, -0.05) is 0 Å². The zero-order chi connectivity index (χ0) is 17.2. The summed E-state index contributed by atoms with van der Waals surface area (Å²) in [6.07, 6.45) is 0. The van der Waals surface area contributed by atoms with Crippen molar-refractivity contribution < 1.29 is 39.4 Å². The van der Waals surface area contributed by atoms with E-state index < -0.39 is 37.8 Å². The van der Waals surface area contributed by atoms with Gasteiger partial charge in [-0.25, -0.2) is 9.36 Å². The number of hydrogen-bond donors (Lipinski definition) is 10. The molecule has 1 rings (SSSR count). The van der Waals surface area contributed by atoms with E-state index in [2.05, 4.69) is 26.4 Å². The van der Waals surface area contributed by atoms with Gasteiger partial charge in [0.05, 0.1) is 0 Å². The summed E-state index contributed by atoms with van der Waals surface area (Å²) in [4.78, 5) is 40.2. The van der Waals surface area contributed by atoms with Crippen LogP contribution >= 0.6 is 7.82 Å². The number of primary amides is 1. The average Bonchev–Trinajstić information content (AvgIpc) is 2.09. The van der Waals surface area contributed by atoms with E-state index >= 15 is 0 Å². The first kappa shape index (κ1) is 20.6. The SMILES string of the molecule is N=C(N)NC(N)=O.O=P(O)(O)O.Oc1nc(O)nc(O)n1. The monoisotopic (exact) mass is 329 g/mol. The average molecular weight is 329 g/mol. The Kier molecular flexibility index (Phi) is 9.02. The molecule has 0 saturated carbocycles. The summed E-state index contributed by atoms with van der Waals surface area (Å²) in [6, 6.07) is -2.94. The lowest BCUT2D eigenvalue weighted by molar-refractivity contribution is 0.253. The number of urea groups is 1. The van der Waals surface area contributed by atoms with Crippen molar-refractivity contribution in [2.45, 2.75) is 0 Å². The first-order valence-corrected chi connectivity index (χ1v) is 5.89. The normalized spacial score (nSPS) is 9.29. The van der Waals surface area contributed by atoms with Crippen LogP contribution in [0.5, 0.6) is 18.0 Å². The van der Waals surface area contributed by atoms with E-state index in [0.717, 1.165) is 0 Å². The molecule has 0 aliphatic carbocycles. The van der Waals surface area contributed by atoms with Crippen LogP contribution in [0.1, 0.15) is 0 Å². The fourth-order valence-corrected chi connectivity index (χ4v) is 0.476. The number of nitrogens with zero attached hydrogens (tertiary/aromatic N) is 3. The smallest absolute Gasteiger partial charge is 0.466 e. The Bertz CT molecular complexity index is 461. The van der Waals surface area contributed by atoms with Gasteiger partial charge < -0.3 is 41.5 Å². The van der Waals surface area contributed by atoms with E-state index in [1.54, 1.807) is 5.32 Å². The van der Waals surface area contributed by atoms with Gasteiger partial charge in [0.25, 0.3) is 0 Å². The lowest BCUT2D eigenvalue weighted by Gasteiger charge is -1.91. The maximum atomic E-state index is 9.70. The van der Waals surface area contributed by atoms with E-state index in [-0.39, 0.29) is 0 Å².